The summed E-state index contributed by atoms with van der Waals surface area (Å²) in [6.07, 6.45) is 1.11. The van der Waals surface area contributed by atoms with Crippen LogP contribution in [0, 0.1) is 17.8 Å². The summed E-state index contributed by atoms with van der Waals surface area (Å²) in [5.41, 5.74) is 0.622. The molecule has 0 N–H and O–H groups in total. The summed E-state index contributed by atoms with van der Waals surface area (Å²) >= 11 is 0. The van der Waals surface area contributed by atoms with Crippen LogP contribution >= 0.6 is 0 Å². The first-order valence-electron chi connectivity index (χ1n) is 5.38. The van der Waals surface area contributed by atoms with E-state index in [-0.39, 0.29) is 18.0 Å². The Morgan fingerprint density at radius 1 is 1.50 bits per heavy atom. The zero-order valence-electron chi connectivity index (χ0n) is 9.54. The lowest BCUT2D eigenvalue weighted by Gasteiger charge is -2.37. The number of esters is 1. The van der Waals surface area contributed by atoms with Crippen molar-refractivity contribution in [1.82, 2.24) is 0 Å². The van der Waals surface area contributed by atoms with Crippen LogP contribution in [-0.2, 0) is 9.53 Å². The Bertz CT molecular complexity index is 245. The van der Waals surface area contributed by atoms with Crippen LogP contribution in [-0.4, -0.2) is 12.1 Å². The van der Waals surface area contributed by atoms with Gasteiger partial charge in [0.15, 0.2) is 0 Å². The smallest absolute Gasteiger partial charge is 0.333 e. The second kappa shape index (κ2) is 4.16. The quantitative estimate of drug-likeness (QED) is 0.501. The minimum Gasteiger partial charge on any atom is -0.458 e. The second-order valence-corrected chi connectivity index (χ2v) is 4.43. The van der Waals surface area contributed by atoms with Gasteiger partial charge in [-0.2, -0.15) is 0 Å². The van der Waals surface area contributed by atoms with Crippen molar-refractivity contribution in [2.75, 3.05) is 0 Å². The molecular formula is C12H20O2. The maximum Gasteiger partial charge on any atom is 0.333 e. The molecule has 0 radical (unpaired) electrons. The molecule has 1 rings (SSSR count). The molecule has 14 heavy (non-hydrogen) atoms. The summed E-state index contributed by atoms with van der Waals surface area (Å²) in [5.74, 6) is 0.857. The van der Waals surface area contributed by atoms with Gasteiger partial charge in [0.2, 0.25) is 0 Å². The molecule has 1 heterocycles. The normalized spacial score (nSPS) is 35.3. The number of carbonyl (C=O) groups is 1. The number of ether oxygens (including phenoxy) is 1. The third-order valence-corrected chi connectivity index (χ3v) is 3.57. The van der Waals surface area contributed by atoms with Crippen LogP contribution in [0.3, 0.4) is 0 Å². The van der Waals surface area contributed by atoms with E-state index in [1.54, 1.807) is 0 Å². The van der Waals surface area contributed by atoms with E-state index in [1.807, 2.05) is 0 Å². The summed E-state index contributed by atoms with van der Waals surface area (Å²) in [7, 11) is 0. The zero-order valence-corrected chi connectivity index (χ0v) is 9.54. The fraction of sp³-hybridized carbons (Fsp3) is 0.750. The van der Waals surface area contributed by atoms with Crippen molar-refractivity contribution < 1.29 is 9.53 Å². The Morgan fingerprint density at radius 2 is 2.07 bits per heavy atom. The van der Waals surface area contributed by atoms with Crippen LogP contribution in [0.25, 0.3) is 0 Å². The predicted octanol–water partition coefficient (Wildman–Crippen LogP) is 2.79. The van der Waals surface area contributed by atoms with Crippen LogP contribution < -0.4 is 0 Å². The van der Waals surface area contributed by atoms with Gasteiger partial charge >= 0.3 is 5.97 Å². The highest BCUT2D eigenvalue weighted by atomic mass is 16.5. The SMILES string of the molecule is C=C1C(=O)OC(C(C)CC)C(C)C1C. The van der Waals surface area contributed by atoms with Crippen LogP contribution in [0.2, 0.25) is 0 Å². The van der Waals surface area contributed by atoms with E-state index >= 15 is 0 Å². The Hall–Kier alpha value is -0.790. The highest BCUT2D eigenvalue weighted by Gasteiger charge is 2.38. The summed E-state index contributed by atoms with van der Waals surface area (Å²) < 4.78 is 5.40. The Kier molecular flexibility index (Phi) is 3.35. The van der Waals surface area contributed by atoms with Gasteiger partial charge in [-0.25, -0.2) is 4.79 Å². The van der Waals surface area contributed by atoms with Gasteiger partial charge in [-0.15, -0.1) is 0 Å². The third kappa shape index (κ3) is 1.84. The largest absolute Gasteiger partial charge is 0.458 e. The average Bonchev–Trinajstić information content (AvgIpc) is 2.19. The molecule has 2 nitrogen and oxygen atoms in total. The number of hydrogen-bond donors (Lipinski definition) is 0. The Labute approximate surface area is 86.3 Å². The van der Waals surface area contributed by atoms with Crippen molar-refractivity contribution in [2.45, 2.75) is 40.2 Å². The van der Waals surface area contributed by atoms with Gasteiger partial charge in [0.1, 0.15) is 6.10 Å². The lowest BCUT2D eigenvalue weighted by atomic mass is 9.78. The fourth-order valence-electron chi connectivity index (χ4n) is 1.96. The highest BCUT2D eigenvalue weighted by Crippen LogP contribution is 2.34. The number of cyclic esters (lactones) is 1. The summed E-state index contributed by atoms with van der Waals surface area (Å²) in [6.45, 7) is 12.2. The van der Waals surface area contributed by atoms with Crippen molar-refractivity contribution >= 4 is 5.97 Å². The first-order chi connectivity index (χ1) is 6.49. The number of carbonyl (C=O) groups excluding carboxylic acids is 1. The lowest BCUT2D eigenvalue weighted by Crippen LogP contribution is -2.41. The van der Waals surface area contributed by atoms with Crippen LogP contribution in [0.1, 0.15) is 34.1 Å². The van der Waals surface area contributed by atoms with E-state index in [0.717, 1.165) is 6.42 Å². The maximum absolute atomic E-state index is 11.5. The minimum atomic E-state index is -0.208. The Morgan fingerprint density at radius 3 is 2.57 bits per heavy atom. The highest BCUT2D eigenvalue weighted by molar-refractivity contribution is 5.89. The van der Waals surface area contributed by atoms with Crippen LogP contribution in [0.4, 0.5) is 0 Å². The van der Waals surface area contributed by atoms with Crippen molar-refractivity contribution in [3.63, 3.8) is 0 Å². The fourth-order valence-corrected chi connectivity index (χ4v) is 1.96. The molecule has 0 spiro atoms. The van der Waals surface area contributed by atoms with Crippen molar-refractivity contribution in [1.29, 1.82) is 0 Å². The van der Waals surface area contributed by atoms with Crippen LogP contribution in [0.15, 0.2) is 12.2 Å². The van der Waals surface area contributed by atoms with Crippen molar-refractivity contribution in [2.24, 2.45) is 17.8 Å². The topological polar surface area (TPSA) is 26.3 Å². The van der Waals surface area contributed by atoms with Gasteiger partial charge in [-0.3, -0.25) is 0 Å². The molecular weight excluding hydrogens is 176 g/mol. The molecule has 1 aliphatic heterocycles. The van der Waals surface area contributed by atoms with E-state index in [0.29, 0.717) is 17.4 Å². The number of rotatable bonds is 2. The monoisotopic (exact) mass is 196 g/mol. The van der Waals surface area contributed by atoms with Gasteiger partial charge < -0.3 is 4.74 Å². The van der Waals surface area contributed by atoms with Gasteiger partial charge in [-0.1, -0.05) is 40.7 Å². The summed E-state index contributed by atoms with van der Waals surface area (Å²) in [5, 5.41) is 0. The number of hydrogen-bond acceptors (Lipinski definition) is 2. The van der Waals surface area contributed by atoms with Gasteiger partial charge in [0, 0.05) is 11.5 Å². The van der Waals surface area contributed by atoms with Crippen molar-refractivity contribution in [3.8, 4) is 0 Å². The summed E-state index contributed by atoms with van der Waals surface area (Å²) in [4.78, 5) is 11.5. The summed E-state index contributed by atoms with van der Waals surface area (Å²) in [6, 6.07) is 0. The first kappa shape index (κ1) is 11.3. The molecule has 1 aliphatic rings. The molecule has 0 bridgehead atoms. The molecule has 0 aliphatic carbocycles. The molecule has 0 aromatic rings. The molecule has 80 valence electrons. The second-order valence-electron chi connectivity index (χ2n) is 4.43. The van der Waals surface area contributed by atoms with E-state index < -0.39 is 0 Å². The van der Waals surface area contributed by atoms with Crippen LogP contribution in [0.5, 0.6) is 0 Å². The van der Waals surface area contributed by atoms with Gasteiger partial charge in [0.05, 0.1) is 0 Å². The third-order valence-electron chi connectivity index (χ3n) is 3.57. The maximum atomic E-state index is 11.5. The first-order valence-corrected chi connectivity index (χ1v) is 5.38. The van der Waals surface area contributed by atoms with Gasteiger partial charge in [0.25, 0.3) is 0 Å². The predicted molar refractivity (Wildman–Crippen MR) is 56.8 cm³/mol. The molecule has 0 amide bonds. The molecule has 0 aromatic carbocycles. The van der Waals surface area contributed by atoms with E-state index in [2.05, 4.69) is 34.3 Å². The molecule has 0 saturated carbocycles. The standard InChI is InChI=1S/C12H20O2/c1-6-7(2)11-9(4)8(3)10(5)12(13)14-11/h7-9,11H,5-6H2,1-4H3. The molecule has 2 heteroatoms. The molecule has 1 fully saturated rings. The van der Waals surface area contributed by atoms with Gasteiger partial charge in [-0.05, 0) is 11.8 Å². The van der Waals surface area contributed by atoms with E-state index in [4.69, 9.17) is 4.74 Å². The minimum absolute atomic E-state index is 0.0630. The molecule has 1 saturated heterocycles. The van der Waals surface area contributed by atoms with E-state index in [1.165, 1.54) is 0 Å². The zero-order chi connectivity index (χ0) is 10.9. The molecule has 0 aromatic heterocycles. The Balaban J connectivity index is 2.80. The lowest BCUT2D eigenvalue weighted by molar-refractivity contribution is -0.157. The van der Waals surface area contributed by atoms with Crippen molar-refractivity contribution in [3.05, 3.63) is 12.2 Å². The molecule has 4 atom stereocenters. The average molecular weight is 196 g/mol. The molecule has 4 unspecified atom stereocenters. The van der Waals surface area contributed by atoms with E-state index in [9.17, 15) is 4.79 Å².